The molecule has 2 aromatic carbocycles. The van der Waals surface area contributed by atoms with Crippen LogP contribution in [0.15, 0.2) is 73.3 Å². The first-order chi connectivity index (χ1) is 35.6. The third kappa shape index (κ3) is 76.2. The number of benzene rings is 2. The van der Waals surface area contributed by atoms with Gasteiger partial charge >= 0.3 is 0 Å². The molecule has 3 aliphatic rings. The van der Waals surface area contributed by atoms with Crippen molar-refractivity contribution in [2.24, 2.45) is 94.7 Å². The zero-order valence-corrected chi connectivity index (χ0v) is 57.1. The average Bonchev–Trinajstić information content (AvgIpc) is 4.16. The van der Waals surface area contributed by atoms with Crippen LogP contribution in [0, 0.1) is 94.7 Å². The minimum absolute atomic E-state index is 0. The summed E-state index contributed by atoms with van der Waals surface area (Å²) in [4.78, 5) is 0. The lowest BCUT2D eigenvalue weighted by atomic mass is 9.84. The summed E-state index contributed by atoms with van der Waals surface area (Å²) in [6.07, 6.45) is 31.9. The molecule has 0 amide bonds. The summed E-state index contributed by atoms with van der Waals surface area (Å²) in [6, 6.07) is 21.3. The number of rotatable bonds is 19. The number of hydrogen-bond acceptors (Lipinski definition) is 0. The Bertz CT molecular complexity index is 1340. The van der Waals surface area contributed by atoms with E-state index in [4.69, 9.17) is 0 Å². The minimum Gasteiger partial charge on any atom is -0.103 e. The van der Waals surface area contributed by atoms with E-state index in [1.54, 1.807) is 0 Å². The van der Waals surface area contributed by atoms with Crippen molar-refractivity contribution < 1.29 is 0 Å². The summed E-state index contributed by atoms with van der Waals surface area (Å²) in [7, 11) is 0. The lowest BCUT2D eigenvalue weighted by molar-refractivity contribution is 0.305. The fourth-order valence-electron chi connectivity index (χ4n) is 9.90. The second kappa shape index (κ2) is 63.2. The van der Waals surface area contributed by atoms with E-state index in [2.05, 4.69) is 240 Å². The maximum absolute atomic E-state index is 3.60. The summed E-state index contributed by atoms with van der Waals surface area (Å²) in [5.74, 6) is 14.5. The Hall–Kier alpha value is -1.82. The zero-order chi connectivity index (χ0) is 59.0. The van der Waals surface area contributed by atoms with E-state index in [0.717, 1.165) is 101 Å². The van der Waals surface area contributed by atoms with Crippen molar-refractivity contribution in [3.63, 3.8) is 0 Å². The molecular formula is C80H162. The molecular weight excluding hydrogens is 961 g/mol. The van der Waals surface area contributed by atoms with Gasteiger partial charge in [0.25, 0.3) is 0 Å². The second-order valence-electron chi connectivity index (χ2n) is 28.8. The number of aryl methyl sites for hydroxylation is 1. The SMILES string of the molecule is C.C.C.C.C=CCC(C)C.CC(C)C(C)C(C)C.CC(C)CC(C)C.CC(C)CC1CC1.CC(C)CC1CCCCC1.CC(C)CC1CCCCC1.CC(C)CCc1ccccc1.CC(C)Cc1ccccc1.CCC(C)C(C)C. The fourth-order valence-corrected chi connectivity index (χ4v) is 9.90. The summed E-state index contributed by atoms with van der Waals surface area (Å²) in [5, 5.41) is 0. The molecule has 1 atom stereocenters. The summed E-state index contributed by atoms with van der Waals surface area (Å²) in [6.45, 7) is 60.5. The van der Waals surface area contributed by atoms with Gasteiger partial charge in [0.05, 0.1) is 0 Å². The number of hydrogen-bond donors (Lipinski definition) is 0. The first-order valence-corrected chi connectivity index (χ1v) is 33.3. The van der Waals surface area contributed by atoms with Crippen LogP contribution in [-0.2, 0) is 12.8 Å². The van der Waals surface area contributed by atoms with E-state index in [9.17, 15) is 0 Å². The molecule has 0 aliphatic heterocycles. The van der Waals surface area contributed by atoms with E-state index in [0.29, 0.717) is 0 Å². The molecule has 0 heterocycles. The van der Waals surface area contributed by atoms with E-state index < -0.39 is 0 Å². The van der Waals surface area contributed by atoms with Gasteiger partial charge in [0, 0.05) is 0 Å². The third-order valence-electron chi connectivity index (χ3n) is 15.4. The highest BCUT2D eigenvalue weighted by Gasteiger charge is 2.21. The fraction of sp³-hybridized carbons (Fsp3) is 0.825. The second-order valence-corrected chi connectivity index (χ2v) is 28.8. The van der Waals surface area contributed by atoms with Crippen molar-refractivity contribution >= 4 is 0 Å². The molecule has 0 heteroatoms. The van der Waals surface area contributed by atoms with Gasteiger partial charge in [-0.3, -0.25) is 0 Å². The molecule has 0 spiro atoms. The molecule has 80 heavy (non-hydrogen) atoms. The molecule has 0 bridgehead atoms. The van der Waals surface area contributed by atoms with Gasteiger partial charge in [0.15, 0.2) is 0 Å². The van der Waals surface area contributed by atoms with Crippen molar-refractivity contribution in [1.29, 1.82) is 0 Å². The summed E-state index contributed by atoms with van der Waals surface area (Å²) >= 11 is 0. The highest BCUT2D eigenvalue weighted by Crippen LogP contribution is 2.35. The predicted octanol–water partition coefficient (Wildman–Crippen LogP) is 28.9. The largest absolute Gasteiger partial charge is 0.103 e. The standard InChI is InChI=1S/C11H16.2C10H20.C10H14.C8H18.C7H14.2C7H16.C6H12.4CH4/c1-10(2)8-9-11-6-4-3-5-7-11;3*1-9(2)8-10-6-4-3-5-7-10;1-6(2)8(5)7(3)4;1-6(2)5-7-3-4-7;1-6(2)5-7(3)4;1-5-7(4)6(2)3;1-4-5-6(2)3;;;;/h3-7,10H,8-9H2,1-2H3;2*9-10H,3-8H2,1-2H3;3-7,9H,8H2,1-2H3;6-8H,1-5H3;6-7H,3-5H2,1-2H3;2*6-7H,5H2,1-4H3;4,6H,1,5H2,2-3H3;4*1H4. The molecule has 0 radical (unpaired) electrons. The van der Waals surface area contributed by atoms with E-state index >= 15 is 0 Å². The van der Waals surface area contributed by atoms with Gasteiger partial charge in [-0.05, 0) is 157 Å². The average molecular weight is 1120 g/mol. The van der Waals surface area contributed by atoms with Gasteiger partial charge in [-0.1, -0.05) is 353 Å². The van der Waals surface area contributed by atoms with E-state index in [1.807, 2.05) is 6.08 Å². The monoisotopic (exact) mass is 1120 g/mol. The quantitative estimate of drug-likeness (QED) is 0.123. The Labute approximate surface area is 514 Å². The molecule has 1 unspecified atom stereocenters. The van der Waals surface area contributed by atoms with Crippen LogP contribution in [0.5, 0.6) is 0 Å². The molecule has 5 rings (SSSR count). The topological polar surface area (TPSA) is 0 Å². The predicted molar refractivity (Wildman–Crippen MR) is 383 cm³/mol. The van der Waals surface area contributed by atoms with Gasteiger partial charge in [-0.15, -0.1) is 6.58 Å². The normalized spacial score (nSPS) is 14.2. The molecule has 3 aliphatic carbocycles. The highest BCUT2D eigenvalue weighted by molar-refractivity contribution is 5.15. The summed E-state index contributed by atoms with van der Waals surface area (Å²) in [5.41, 5.74) is 2.90. The number of allylic oxidation sites excluding steroid dienone is 1. The minimum atomic E-state index is 0. The van der Waals surface area contributed by atoms with Gasteiger partial charge in [-0.25, -0.2) is 0 Å². The van der Waals surface area contributed by atoms with Gasteiger partial charge < -0.3 is 0 Å². The van der Waals surface area contributed by atoms with Crippen LogP contribution in [-0.4, -0.2) is 0 Å². The van der Waals surface area contributed by atoms with Crippen LogP contribution in [0.2, 0.25) is 0 Å². The van der Waals surface area contributed by atoms with E-state index in [-0.39, 0.29) is 29.7 Å². The molecule has 0 aromatic heterocycles. The van der Waals surface area contributed by atoms with Gasteiger partial charge in [0.2, 0.25) is 0 Å². The Balaban J connectivity index is -0.000000122. The van der Waals surface area contributed by atoms with Crippen molar-refractivity contribution in [1.82, 2.24) is 0 Å². The van der Waals surface area contributed by atoms with Crippen LogP contribution >= 0.6 is 0 Å². The van der Waals surface area contributed by atoms with Crippen LogP contribution in [0.3, 0.4) is 0 Å². The molecule has 0 N–H and O–H groups in total. The molecule has 3 fully saturated rings. The van der Waals surface area contributed by atoms with Crippen molar-refractivity contribution in [2.45, 2.75) is 338 Å². The molecule has 3 saturated carbocycles. The Kier molecular flexibility index (Phi) is 74.7. The third-order valence-corrected chi connectivity index (χ3v) is 15.4. The highest BCUT2D eigenvalue weighted by atomic mass is 14.3. The van der Waals surface area contributed by atoms with Gasteiger partial charge in [-0.2, -0.15) is 0 Å². The van der Waals surface area contributed by atoms with Crippen LogP contribution in [0.1, 0.15) is 336 Å². The maximum Gasteiger partial charge on any atom is -0.0256 e. The van der Waals surface area contributed by atoms with Crippen LogP contribution in [0.4, 0.5) is 0 Å². The molecule has 0 saturated heterocycles. The van der Waals surface area contributed by atoms with Crippen molar-refractivity contribution in [3.8, 4) is 0 Å². The van der Waals surface area contributed by atoms with Crippen LogP contribution in [0.25, 0.3) is 0 Å². The Morgan fingerprint density at radius 3 is 0.912 bits per heavy atom. The maximum atomic E-state index is 3.60. The Morgan fingerprint density at radius 2 is 0.725 bits per heavy atom. The van der Waals surface area contributed by atoms with Crippen LogP contribution < -0.4 is 0 Å². The lowest BCUT2D eigenvalue weighted by Gasteiger charge is -2.22. The summed E-state index contributed by atoms with van der Waals surface area (Å²) < 4.78 is 0. The molecule has 482 valence electrons. The lowest BCUT2D eigenvalue weighted by Crippen LogP contribution is -2.10. The van der Waals surface area contributed by atoms with Crippen molar-refractivity contribution in [2.75, 3.05) is 0 Å². The van der Waals surface area contributed by atoms with Crippen molar-refractivity contribution in [3.05, 3.63) is 84.4 Å². The van der Waals surface area contributed by atoms with E-state index in [1.165, 1.54) is 140 Å². The first kappa shape index (κ1) is 94.6. The smallest absolute Gasteiger partial charge is 0.0256 e. The zero-order valence-electron chi connectivity index (χ0n) is 57.1. The molecule has 0 nitrogen and oxygen atoms in total. The Morgan fingerprint density at radius 1 is 0.388 bits per heavy atom. The molecule has 2 aromatic rings. The first-order valence-electron chi connectivity index (χ1n) is 33.3. The van der Waals surface area contributed by atoms with Gasteiger partial charge in [0.1, 0.15) is 0 Å².